The second kappa shape index (κ2) is 11.5. The molecule has 3 N–H and O–H groups in total. The van der Waals surface area contributed by atoms with E-state index in [2.05, 4.69) is 30.4 Å². The summed E-state index contributed by atoms with van der Waals surface area (Å²) in [5.41, 5.74) is 4.11. The lowest BCUT2D eigenvalue weighted by Gasteiger charge is -2.19. The molecular formula is C18H22ClN3O8. The molecule has 0 fully saturated rings. The maximum absolute atomic E-state index is 12.8. The van der Waals surface area contributed by atoms with Crippen LogP contribution >= 0.6 is 11.6 Å². The molecular weight excluding hydrogens is 422 g/mol. The van der Waals surface area contributed by atoms with Gasteiger partial charge in [-0.2, -0.15) is 0 Å². The summed E-state index contributed by atoms with van der Waals surface area (Å²) < 4.78 is 19.1. The number of carbonyl (C=O) groups is 4. The lowest BCUT2D eigenvalue weighted by molar-refractivity contribution is -0.138. The normalized spacial score (nSPS) is 10.5. The Balaban J connectivity index is 3.48. The van der Waals surface area contributed by atoms with Crippen LogP contribution in [0, 0.1) is 6.92 Å². The quantitative estimate of drug-likeness (QED) is 0.248. The van der Waals surface area contributed by atoms with Crippen molar-refractivity contribution in [3.8, 4) is 5.75 Å². The summed E-state index contributed by atoms with van der Waals surface area (Å²) >= 11 is 6.18. The first-order valence-corrected chi connectivity index (χ1v) is 8.83. The molecule has 0 aromatic heterocycles. The number of ether oxygens (including phenoxy) is 4. The fourth-order valence-electron chi connectivity index (χ4n) is 2.20. The van der Waals surface area contributed by atoms with Gasteiger partial charge in [0, 0.05) is 11.1 Å². The zero-order valence-corrected chi connectivity index (χ0v) is 17.8. The maximum atomic E-state index is 12.8. The first kappa shape index (κ1) is 24.6. The van der Waals surface area contributed by atoms with Gasteiger partial charge in [-0.1, -0.05) is 11.6 Å². The second-order valence-electron chi connectivity index (χ2n) is 5.43. The first-order valence-electron chi connectivity index (χ1n) is 8.45. The summed E-state index contributed by atoms with van der Waals surface area (Å²) in [4.78, 5) is 47.9. The van der Waals surface area contributed by atoms with Crippen LogP contribution < -0.4 is 20.9 Å². The van der Waals surface area contributed by atoms with Crippen molar-refractivity contribution >= 4 is 41.2 Å². The zero-order chi connectivity index (χ0) is 22.8. The topological polar surface area (TPSA) is 141 Å². The smallest absolute Gasteiger partial charge is 0.426 e. The second-order valence-corrected chi connectivity index (χ2v) is 5.84. The van der Waals surface area contributed by atoms with E-state index in [1.165, 1.54) is 20.1 Å². The molecule has 0 unspecified atom stereocenters. The van der Waals surface area contributed by atoms with Gasteiger partial charge in [0.25, 0.3) is 5.91 Å². The van der Waals surface area contributed by atoms with Crippen molar-refractivity contribution in [3.63, 3.8) is 0 Å². The number of esters is 2. The lowest BCUT2D eigenvalue weighted by atomic mass is 10.0. The number of carbonyl (C=O) groups excluding carboxylic acids is 4. The van der Waals surface area contributed by atoms with E-state index in [9.17, 15) is 19.2 Å². The predicted molar refractivity (Wildman–Crippen MR) is 106 cm³/mol. The highest BCUT2D eigenvalue weighted by molar-refractivity contribution is 6.32. The van der Waals surface area contributed by atoms with Crippen LogP contribution in [0.1, 0.15) is 22.8 Å². The molecule has 0 bridgehead atoms. The Labute approximate surface area is 177 Å². The average molecular weight is 444 g/mol. The minimum atomic E-state index is -0.911. The van der Waals surface area contributed by atoms with Gasteiger partial charge in [-0.05, 0) is 19.4 Å². The van der Waals surface area contributed by atoms with Gasteiger partial charge in [0.1, 0.15) is 11.4 Å². The molecule has 0 radical (unpaired) electrons. The molecule has 0 saturated carbocycles. The molecule has 0 aliphatic heterocycles. The molecule has 0 spiro atoms. The number of benzene rings is 1. The van der Waals surface area contributed by atoms with Crippen LogP contribution in [0.2, 0.25) is 5.02 Å². The van der Waals surface area contributed by atoms with E-state index in [1.807, 2.05) is 0 Å². The summed E-state index contributed by atoms with van der Waals surface area (Å²) in [7, 11) is 3.55. The number of hydrazine groups is 1. The Kier molecular flexibility index (Phi) is 9.43. The largest absolute Gasteiger partial charge is 0.494 e. The molecule has 1 aromatic rings. The highest BCUT2D eigenvalue weighted by atomic mass is 35.5. The Morgan fingerprint density at radius 2 is 1.77 bits per heavy atom. The van der Waals surface area contributed by atoms with E-state index in [1.54, 1.807) is 6.92 Å². The van der Waals surface area contributed by atoms with E-state index >= 15 is 0 Å². The highest BCUT2D eigenvalue weighted by Gasteiger charge is 2.25. The van der Waals surface area contributed by atoms with Crippen LogP contribution in [-0.2, 0) is 23.8 Å². The van der Waals surface area contributed by atoms with Crippen molar-refractivity contribution in [1.29, 1.82) is 0 Å². The molecule has 1 aromatic carbocycles. The Morgan fingerprint density at radius 1 is 1.10 bits per heavy atom. The summed E-state index contributed by atoms with van der Waals surface area (Å²) in [5, 5.41) is 2.82. The van der Waals surface area contributed by atoms with Gasteiger partial charge in [0.15, 0.2) is 0 Å². The molecule has 0 aliphatic carbocycles. The van der Waals surface area contributed by atoms with Crippen LogP contribution in [0.3, 0.4) is 0 Å². The number of hydrogen-bond acceptors (Lipinski definition) is 9. The van der Waals surface area contributed by atoms with Gasteiger partial charge in [0.05, 0.1) is 45.3 Å². The van der Waals surface area contributed by atoms with Crippen molar-refractivity contribution < 1.29 is 38.1 Å². The van der Waals surface area contributed by atoms with E-state index in [0.717, 1.165) is 20.3 Å². The van der Waals surface area contributed by atoms with E-state index in [0.29, 0.717) is 5.56 Å². The van der Waals surface area contributed by atoms with Crippen molar-refractivity contribution in [2.24, 2.45) is 0 Å². The third-order valence-electron chi connectivity index (χ3n) is 3.62. The fraction of sp³-hybridized carbons (Fsp3) is 0.333. The first-order chi connectivity index (χ1) is 14.2. The molecule has 2 amide bonds. The van der Waals surface area contributed by atoms with Gasteiger partial charge in [-0.3, -0.25) is 10.2 Å². The number of hydrogen-bond donors (Lipinski definition) is 3. The number of halogens is 1. The average Bonchev–Trinajstić information content (AvgIpc) is 2.73. The van der Waals surface area contributed by atoms with Gasteiger partial charge < -0.3 is 24.3 Å². The van der Waals surface area contributed by atoms with Crippen molar-refractivity contribution in [2.75, 3.05) is 33.3 Å². The molecule has 30 heavy (non-hydrogen) atoms. The minimum Gasteiger partial charge on any atom is -0.494 e. The molecule has 0 heterocycles. The summed E-state index contributed by atoms with van der Waals surface area (Å²) in [5.74, 6) is -2.48. The standard InChI is InChI=1S/C18H22ClN3O8/c1-6-30-18(26)22-21-16(24)14-9(2)10(19)7-12(27-3)15(14)20-11(17(25)29-5)8-13(23)28-4/h7-8,20H,6H2,1-5H3,(H,21,24)(H,22,26)/b11-8+. The summed E-state index contributed by atoms with van der Waals surface area (Å²) in [6, 6.07) is 1.40. The monoisotopic (exact) mass is 443 g/mol. The van der Waals surface area contributed by atoms with Crippen molar-refractivity contribution in [3.05, 3.63) is 34.0 Å². The molecule has 0 saturated heterocycles. The predicted octanol–water partition coefficient (Wildman–Crippen LogP) is 1.69. The molecule has 1 rings (SSSR count). The number of rotatable bonds is 7. The third-order valence-corrected chi connectivity index (χ3v) is 4.01. The minimum absolute atomic E-state index is 0.0110. The Morgan fingerprint density at radius 3 is 2.30 bits per heavy atom. The zero-order valence-electron chi connectivity index (χ0n) is 17.0. The van der Waals surface area contributed by atoms with E-state index < -0.39 is 23.9 Å². The SMILES string of the molecule is CCOC(=O)NNC(=O)c1c(C)c(Cl)cc(OC)c1N/C(=C/C(=O)OC)C(=O)OC. The third kappa shape index (κ3) is 6.27. The molecule has 12 heteroatoms. The van der Waals surface area contributed by atoms with Crippen molar-refractivity contribution in [2.45, 2.75) is 13.8 Å². The molecule has 11 nitrogen and oxygen atoms in total. The van der Waals surface area contributed by atoms with Crippen LogP contribution in [0.15, 0.2) is 17.8 Å². The van der Waals surface area contributed by atoms with Crippen LogP contribution in [-0.4, -0.2) is 51.9 Å². The van der Waals surface area contributed by atoms with Crippen molar-refractivity contribution in [1.82, 2.24) is 10.9 Å². The van der Waals surface area contributed by atoms with Crippen LogP contribution in [0.25, 0.3) is 0 Å². The summed E-state index contributed by atoms with van der Waals surface area (Å²) in [6.07, 6.45) is -0.0406. The maximum Gasteiger partial charge on any atom is 0.426 e. The highest BCUT2D eigenvalue weighted by Crippen LogP contribution is 2.37. The van der Waals surface area contributed by atoms with E-state index in [-0.39, 0.29) is 34.3 Å². The fourth-order valence-corrected chi connectivity index (χ4v) is 2.39. The summed E-state index contributed by atoms with van der Waals surface area (Å²) in [6.45, 7) is 3.23. The molecule has 0 aliphatic rings. The number of amides is 2. The van der Waals surface area contributed by atoms with Crippen LogP contribution in [0.4, 0.5) is 10.5 Å². The Hall–Kier alpha value is -3.47. The van der Waals surface area contributed by atoms with Gasteiger partial charge in [-0.25, -0.2) is 19.8 Å². The Bertz CT molecular complexity index is 869. The molecule has 164 valence electrons. The molecule has 0 atom stereocenters. The number of anilines is 1. The van der Waals surface area contributed by atoms with Gasteiger partial charge in [-0.15, -0.1) is 0 Å². The lowest BCUT2D eigenvalue weighted by Crippen LogP contribution is -2.42. The van der Waals surface area contributed by atoms with Crippen LogP contribution in [0.5, 0.6) is 5.75 Å². The number of methoxy groups -OCH3 is 3. The van der Waals surface area contributed by atoms with E-state index in [4.69, 9.17) is 16.3 Å². The van der Waals surface area contributed by atoms with Gasteiger partial charge in [0.2, 0.25) is 0 Å². The number of nitrogens with one attached hydrogen (secondary N) is 3. The van der Waals surface area contributed by atoms with Gasteiger partial charge >= 0.3 is 18.0 Å².